The zero-order chi connectivity index (χ0) is 18.7. The Morgan fingerprint density at radius 3 is 2.65 bits per heavy atom. The maximum Gasteiger partial charge on any atom is 0.255 e. The summed E-state index contributed by atoms with van der Waals surface area (Å²) in [6.07, 6.45) is 4.96. The van der Waals surface area contributed by atoms with Gasteiger partial charge in [0, 0.05) is 30.5 Å². The minimum Gasteiger partial charge on any atom is -0.339 e. The van der Waals surface area contributed by atoms with Crippen molar-refractivity contribution in [3.63, 3.8) is 0 Å². The first-order chi connectivity index (χ1) is 12.3. The van der Waals surface area contributed by atoms with Crippen molar-refractivity contribution in [2.75, 3.05) is 13.1 Å². The molecule has 0 unspecified atom stereocenters. The van der Waals surface area contributed by atoms with Gasteiger partial charge in [-0.25, -0.2) is 8.42 Å². The molecule has 1 aliphatic heterocycles. The Kier molecular flexibility index (Phi) is 5.63. The molecular formula is C19H21ClN2O3S. The minimum atomic E-state index is -3.56. The molecule has 138 valence electrons. The van der Waals surface area contributed by atoms with Crippen molar-refractivity contribution >= 4 is 27.3 Å². The Labute approximate surface area is 158 Å². The SMILES string of the molecule is CC1CCN(C(=O)c2cncc(CS(=O)(=O)c3cccc(Cl)c3)c2)CC1. The lowest BCUT2D eigenvalue weighted by atomic mass is 9.99. The van der Waals surface area contributed by atoms with E-state index in [1.807, 2.05) is 4.90 Å². The van der Waals surface area contributed by atoms with Gasteiger partial charge >= 0.3 is 0 Å². The fourth-order valence-electron chi connectivity index (χ4n) is 3.04. The molecular weight excluding hydrogens is 372 g/mol. The van der Waals surface area contributed by atoms with Gasteiger partial charge in [0.05, 0.1) is 16.2 Å². The van der Waals surface area contributed by atoms with Crippen molar-refractivity contribution in [2.24, 2.45) is 5.92 Å². The van der Waals surface area contributed by atoms with E-state index in [1.165, 1.54) is 24.5 Å². The number of carbonyl (C=O) groups excluding carboxylic acids is 1. The van der Waals surface area contributed by atoms with Crippen LogP contribution in [0.3, 0.4) is 0 Å². The van der Waals surface area contributed by atoms with E-state index in [-0.39, 0.29) is 16.6 Å². The van der Waals surface area contributed by atoms with Crippen molar-refractivity contribution in [3.8, 4) is 0 Å². The molecule has 0 bridgehead atoms. The third-order valence-electron chi connectivity index (χ3n) is 4.62. The number of piperidine rings is 1. The Morgan fingerprint density at radius 1 is 1.23 bits per heavy atom. The van der Waals surface area contributed by atoms with Gasteiger partial charge in [-0.1, -0.05) is 24.6 Å². The van der Waals surface area contributed by atoms with Gasteiger partial charge in [-0.15, -0.1) is 0 Å². The van der Waals surface area contributed by atoms with Crippen molar-refractivity contribution in [2.45, 2.75) is 30.4 Å². The van der Waals surface area contributed by atoms with Gasteiger partial charge in [0.1, 0.15) is 0 Å². The number of sulfone groups is 1. The number of rotatable bonds is 4. The molecule has 5 nitrogen and oxygen atoms in total. The average molecular weight is 393 g/mol. The number of carbonyl (C=O) groups is 1. The zero-order valence-corrected chi connectivity index (χ0v) is 16.1. The molecule has 1 amide bonds. The molecule has 2 heterocycles. The number of nitrogens with zero attached hydrogens (tertiary/aromatic N) is 2. The van der Waals surface area contributed by atoms with Gasteiger partial charge in [-0.05, 0) is 48.6 Å². The first kappa shape index (κ1) is 18.9. The van der Waals surface area contributed by atoms with E-state index in [2.05, 4.69) is 11.9 Å². The van der Waals surface area contributed by atoms with Crippen molar-refractivity contribution < 1.29 is 13.2 Å². The molecule has 2 aromatic rings. The molecule has 1 aliphatic rings. The lowest BCUT2D eigenvalue weighted by Crippen LogP contribution is -2.38. The van der Waals surface area contributed by atoms with E-state index >= 15 is 0 Å². The number of hydrogen-bond acceptors (Lipinski definition) is 4. The molecule has 1 fully saturated rings. The summed E-state index contributed by atoms with van der Waals surface area (Å²) >= 11 is 5.89. The maximum absolute atomic E-state index is 12.7. The van der Waals surface area contributed by atoms with Crippen molar-refractivity contribution in [3.05, 3.63) is 58.9 Å². The highest BCUT2D eigenvalue weighted by Crippen LogP contribution is 2.21. The number of likely N-dealkylation sites (tertiary alicyclic amines) is 1. The van der Waals surface area contributed by atoms with Crippen LogP contribution >= 0.6 is 11.6 Å². The number of halogens is 1. The summed E-state index contributed by atoms with van der Waals surface area (Å²) in [6, 6.07) is 7.79. The summed E-state index contributed by atoms with van der Waals surface area (Å²) in [6.45, 7) is 3.64. The highest BCUT2D eigenvalue weighted by atomic mass is 35.5. The average Bonchev–Trinajstić information content (AvgIpc) is 2.62. The number of hydrogen-bond donors (Lipinski definition) is 0. The first-order valence-electron chi connectivity index (χ1n) is 8.57. The Balaban J connectivity index is 1.78. The van der Waals surface area contributed by atoms with Gasteiger partial charge in [0.2, 0.25) is 0 Å². The van der Waals surface area contributed by atoms with Crippen LogP contribution in [0.2, 0.25) is 5.02 Å². The van der Waals surface area contributed by atoms with Gasteiger partial charge < -0.3 is 4.90 Å². The van der Waals surface area contributed by atoms with Crippen molar-refractivity contribution in [1.29, 1.82) is 0 Å². The molecule has 26 heavy (non-hydrogen) atoms. The number of pyridine rings is 1. The fraction of sp³-hybridized carbons (Fsp3) is 0.368. The minimum absolute atomic E-state index is 0.0913. The fourth-order valence-corrected chi connectivity index (χ4v) is 4.65. The molecule has 0 aliphatic carbocycles. The van der Waals surface area contributed by atoms with Gasteiger partial charge in [0.15, 0.2) is 9.84 Å². The lowest BCUT2D eigenvalue weighted by Gasteiger charge is -2.30. The van der Waals surface area contributed by atoms with E-state index in [1.54, 1.807) is 18.2 Å². The largest absolute Gasteiger partial charge is 0.339 e. The predicted molar refractivity (Wildman–Crippen MR) is 101 cm³/mol. The van der Waals surface area contributed by atoms with E-state index in [0.717, 1.165) is 25.9 Å². The Morgan fingerprint density at radius 2 is 1.96 bits per heavy atom. The predicted octanol–water partition coefficient (Wildman–Crippen LogP) is 3.58. The highest BCUT2D eigenvalue weighted by Gasteiger charge is 2.23. The highest BCUT2D eigenvalue weighted by molar-refractivity contribution is 7.90. The maximum atomic E-state index is 12.7. The standard InChI is InChI=1S/C19H21ClN2O3S/c1-14-5-7-22(8-6-14)19(23)16-9-15(11-21-12-16)13-26(24,25)18-4-2-3-17(20)10-18/h2-4,9-12,14H,5-8,13H2,1H3. The quantitative estimate of drug-likeness (QED) is 0.797. The van der Waals surface area contributed by atoms with Crippen LogP contribution in [0.25, 0.3) is 0 Å². The van der Waals surface area contributed by atoms with Crippen LogP contribution in [0.1, 0.15) is 35.7 Å². The number of aromatic nitrogens is 1. The third-order valence-corrected chi connectivity index (χ3v) is 6.55. The number of amides is 1. The monoisotopic (exact) mass is 392 g/mol. The second kappa shape index (κ2) is 7.76. The van der Waals surface area contributed by atoms with Crippen molar-refractivity contribution in [1.82, 2.24) is 9.88 Å². The topological polar surface area (TPSA) is 67.3 Å². The molecule has 1 aromatic carbocycles. The molecule has 0 N–H and O–H groups in total. The molecule has 0 saturated carbocycles. The van der Waals surface area contributed by atoms with E-state index in [4.69, 9.17) is 11.6 Å². The van der Waals surface area contributed by atoms with E-state index in [9.17, 15) is 13.2 Å². The third kappa shape index (κ3) is 4.43. The summed E-state index contributed by atoms with van der Waals surface area (Å²) < 4.78 is 25.2. The summed E-state index contributed by atoms with van der Waals surface area (Å²) in [4.78, 5) is 18.7. The van der Waals surface area contributed by atoms with Gasteiger partial charge in [-0.2, -0.15) is 0 Å². The molecule has 0 atom stereocenters. The smallest absolute Gasteiger partial charge is 0.255 e. The molecule has 1 saturated heterocycles. The van der Waals surface area contributed by atoms with Crippen LogP contribution in [0.5, 0.6) is 0 Å². The van der Waals surface area contributed by atoms with Crippen LogP contribution in [0, 0.1) is 5.92 Å². The first-order valence-corrected chi connectivity index (χ1v) is 10.6. The second-order valence-electron chi connectivity index (χ2n) is 6.77. The Hall–Kier alpha value is -1.92. The molecule has 3 rings (SSSR count). The van der Waals surface area contributed by atoms with Crippen LogP contribution < -0.4 is 0 Å². The molecule has 0 radical (unpaired) electrons. The number of benzene rings is 1. The summed E-state index contributed by atoms with van der Waals surface area (Å²) in [5.41, 5.74) is 0.916. The molecule has 7 heteroatoms. The molecule has 0 spiro atoms. The van der Waals surface area contributed by atoms with Crippen LogP contribution in [-0.4, -0.2) is 37.3 Å². The lowest BCUT2D eigenvalue weighted by molar-refractivity contribution is 0.0696. The normalized spacial score (nSPS) is 15.8. The van der Waals surface area contributed by atoms with Gasteiger partial charge in [-0.3, -0.25) is 9.78 Å². The second-order valence-corrected chi connectivity index (χ2v) is 9.20. The summed E-state index contributed by atoms with van der Waals surface area (Å²) in [7, 11) is -3.56. The molecule has 1 aromatic heterocycles. The zero-order valence-electron chi connectivity index (χ0n) is 14.6. The van der Waals surface area contributed by atoms with E-state index < -0.39 is 9.84 Å². The Bertz CT molecular complexity index is 907. The summed E-state index contributed by atoms with van der Waals surface area (Å²) in [5.74, 6) is 0.316. The van der Waals surface area contributed by atoms with E-state index in [0.29, 0.717) is 22.1 Å². The van der Waals surface area contributed by atoms with Crippen LogP contribution in [0.4, 0.5) is 0 Å². The summed E-state index contributed by atoms with van der Waals surface area (Å²) in [5, 5.41) is 0.368. The van der Waals surface area contributed by atoms with Gasteiger partial charge in [0.25, 0.3) is 5.91 Å². The van der Waals surface area contributed by atoms with Crippen LogP contribution in [0.15, 0.2) is 47.6 Å². The van der Waals surface area contributed by atoms with Crippen LogP contribution in [-0.2, 0) is 15.6 Å².